The van der Waals surface area contributed by atoms with E-state index in [4.69, 9.17) is 4.74 Å². The zero-order chi connectivity index (χ0) is 24.1. The Morgan fingerprint density at radius 2 is 2.00 bits per heavy atom. The summed E-state index contributed by atoms with van der Waals surface area (Å²) in [7, 11) is 1.50. The average molecular weight is 475 g/mol. The molecule has 34 heavy (non-hydrogen) atoms. The number of carboxylic acid groups (broad SMARTS) is 1. The summed E-state index contributed by atoms with van der Waals surface area (Å²) in [6, 6.07) is 4.96. The summed E-state index contributed by atoms with van der Waals surface area (Å²) in [6.07, 6.45) is 8.42. The molecule has 1 aliphatic heterocycles. The van der Waals surface area contributed by atoms with Crippen molar-refractivity contribution in [1.29, 1.82) is 0 Å². The second kappa shape index (κ2) is 11.0. The molecule has 0 spiro atoms. The van der Waals surface area contributed by atoms with E-state index in [0.717, 1.165) is 31.7 Å². The molecule has 186 valence electrons. The van der Waals surface area contributed by atoms with Crippen LogP contribution in [-0.4, -0.2) is 47.7 Å². The van der Waals surface area contributed by atoms with Crippen LogP contribution in [0.25, 0.3) is 10.9 Å². The largest absolute Gasteiger partial charge is 0.497 e. The predicted octanol–water partition coefficient (Wildman–Crippen LogP) is 6.31. The van der Waals surface area contributed by atoms with E-state index in [1.165, 1.54) is 45.6 Å². The van der Waals surface area contributed by atoms with Crippen molar-refractivity contribution in [2.45, 2.75) is 70.4 Å². The van der Waals surface area contributed by atoms with Gasteiger partial charge in [-0.2, -0.15) is 0 Å². The highest BCUT2D eigenvalue weighted by atomic mass is 19.1. The predicted molar refractivity (Wildman–Crippen MR) is 128 cm³/mol. The fourth-order valence-corrected chi connectivity index (χ4v) is 5.78. The lowest BCUT2D eigenvalue weighted by Crippen LogP contribution is -2.45. The third-order valence-corrected chi connectivity index (χ3v) is 8.10. The van der Waals surface area contributed by atoms with Crippen molar-refractivity contribution in [1.82, 2.24) is 9.88 Å². The second-order valence-corrected chi connectivity index (χ2v) is 10.1. The summed E-state index contributed by atoms with van der Waals surface area (Å²) in [5, 5.41) is 10.4. The SMILES string of the molecule is COc1ccc2ncc(F)c([C@@H](F)CCC3(C(=O)O)CCN(CCC4CCCCC4)CC3)c2c1. The Labute approximate surface area is 200 Å². The molecule has 1 saturated carbocycles. The van der Waals surface area contributed by atoms with Gasteiger partial charge in [0.25, 0.3) is 0 Å². The van der Waals surface area contributed by atoms with Crippen molar-refractivity contribution in [3.63, 3.8) is 0 Å². The maximum Gasteiger partial charge on any atom is 0.309 e. The van der Waals surface area contributed by atoms with Crippen LogP contribution in [0.4, 0.5) is 8.78 Å². The van der Waals surface area contributed by atoms with Crippen molar-refractivity contribution in [2.75, 3.05) is 26.7 Å². The Kier molecular flexibility index (Phi) is 8.02. The van der Waals surface area contributed by atoms with E-state index in [2.05, 4.69) is 9.88 Å². The van der Waals surface area contributed by atoms with Gasteiger partial charge in [0.05, 0.1) is 24.2 Å². The first-order valence-corrected chi connectivity index (χ1v) is 12.6. The quantitative estimate of drug-likeness (QED) is 0.461. The first-order chi connectivity index (χ1) is 16.4. The normalized spacial score (nSPS) is 20.3. The summed E-state index contributed by atoms with van der Waals surface area (Å²) in [5.41, 5.74) is -0.531. The number of halogens is 2. The van der Waals surface area contributed by atoms with E-state index in [0.29, 0.717) is 29.5 Å². The summed E-state index contributed by atoms with van der Waals surface area (Å²) >= 11 is 0. The van der Waals surface area contributed by atoms with Crippen molar-refractivity contribution >= 4 is 16.9 Å². The van der Waals surface area contributed by atoms with E-state index in [9.17, 15) is 14.3 Å². The van der Waals surface area contributed by atoms with Crippen LogP contribution in [0.1, 0.15) is 75.9 Å². The first-order valence-electron chi connectivity index (χ1n) is 12.6. The van der Waals surface area contributed by atoms with Crippen LogP contribution in [0.2, 0.25) is 0 Å². The third-order valence-electron chi connectivity index (χ3n) is 8.10. The highest BCUT2D eigenvalue weighted by Gasteiger charge is 2.42. The first kappa shape index (κ1) is 24.8. The summed E-state index contributed by atoms with van der Waals surface area (Å²) in [4.78, 5) is 18.7. The molecule has 7 heteroatoms. The van der Waals surface area contributed by atoms with Gasteiger partial charge in [-0.05, 0) is 75.9 Å². The number of hydrogen-bond donors (Lipinski definition) is 1. The van der Waals surface area contributed by atoms with Gasteiger partial charge >= 0.3 is 5.97 Å². The molecular weight excluding hydrogens is 438 g/mol. The summed E-state index contributed by atoms with van der Waals surface area (Å²) < 4.78 is 35.3. The van der Waals surface area contributed by atoms with Gasteiger partial charge in [-0.1, -0.05) is 32.1 Å². The van der Waals surface area contributed by atoms with Crippen molar-refractivity contribution in [2.24, 2.45) is 11.3 Å². The van der Waals surface area contributed by atoms with E-state index in [1.54, 1.807) is 18.2 Å². The van der Waals surface area contributed by atoms with Crippen LogP contribution < -0.4 is 4.74 Å². The summed E-state index contributed by atoms with van der Waals surface area (Å²) in [5.74, 6) is -0.282. The number of nitrogens with zero attached hydrogens (tertiary/aromatic N) is 2. The van der Waals surface area contributed by atoms with E-state index in [-0.39, 0.29) is 18.4 Å². The number of alkyl halides is 1. The highest BCUT2D eigenvalue weighted by Crippen LogP contribution is 2.41. The highest BCUT2D eigenvalue weighted by molar-refractivity contribution is 5.84. The zero-order valence-electron chi connectivity index (χ0n) is 20.1. The Morgan fingerprint density at radius 3 is 2.68 bits per heavy atom. The molecule has 2 aromatic rings. The maximum absolute atomic E-state index is 15.4. The Hall–Kier alpha value is -2.28. The van der Waals surface area contributed by atoms with Crippen molar-refractivity contribution in [3.8, 4) is 5.75 Å². The molecule has 1 aromatic carbocycles. The second-order valence-electron chi connectivity index (χ2n) is 10.1. The van der Waals surface area contributed by atoms with Gasteiger partial charge in [-0.25, -0.2) is 8.78 Å². The van der Waals surface area contributed by atoms with E-state index in [1.807, 2.05) is 0 Å². The number of ether oxygens (including phenoxy) is 1. The number of rotatable bonds is 9. The number of carboxylic acids is 1. The number of aromatic nitrogens is 1. The number of benzene rings is 1. The minimum atomic E-state index is -1.61. The number of aliphatic carboxylic acids is 1. The Morgan fingerprint density at radius 1 is 1.26 bits per heavy atom. The van der Waals surface area contributed by atoms with Crippen LogP contribution in [-0.2, 0) is 4.79 Å². The smallest absolute Gasteiger partial charge is 0.309 e. The van der Waals surface area contributed by atoms with Crippen molar-refractivity contribution < 1.29 is 23.4 Å². The van der Waals surface area contributed by atoms with Gasteiger partial charge in [0.15, 0.2) is 0 Å². The van der Waals surface area contributed by atoms with E-state index < -0.39 is 23.4 Å². The minimum Gasteiger partial charge on any atom is -0.497 e. The standard InChI is InChI=1S/C27H36F2N2O3/c1-34-20-7-8-24-21(17-20)25(23(29)18-30-24)22(28)9-11-27(26(32)33)12-15-31(16-13-27)14-10-19-5-3-2-4-6-19/h7-8,17-19,22H,2-6,9-16H2,1H3,(H,32,33)/t22-/m0/s1. The number of pyridine rings is 1. The molecule has 2 aliphatic rings. The molecular formula is C27H36F2N2O3. The van der Waals surface area contributed by atoms with Gasteiger partial charge < -0.3 is 14.7 Å². The molecule has 1 aliphatic carbocycles. The molecule has 1 saturated heterocycles. The lowest BCUT2D eigenvalue weighted by atomic mass is 9.74. The molecule has 0 bridgehead atoms. The maximum atomic E-state index is 15.4. The van der Waals surface area contributed by atoms with Crippen LogP contribution in [0, 0.1) is 17.2 Å². The van der Waals surface area contributed by atoms with Crippen LogP contribution in [0.5, 0.6) is 5.75 Å². The lowest BCUT2D eigenvalue weighted by Gasteiger charge is -2.39. The molecule has 1 N–H and O–H groups in total. The molecule has 2 fully saturated rings. The number of fused-ring (bicyclic) bond motifs is 1. The fraction of sp³-hybridized carbons (Fsp3) is 0.630. The molecule has 0 unspecified atom stereocenters. The third kappa shape index (κ3) is 5.51. The minimum absolute atomic E-state index is 0.0401. The lowest BCUT2D eigenvalue weighted by molar-refractivity contribution is -0.153. The van der Waals surface area contributed by atoms with E-state index >= 15 is 4.39 Å². The van der Waals surface area contributed by atoms with Crippen LogP contribution in [0.3, 0.4) is 0 Å². The number of piperidine rings is 1. The number of methoxy groups -OCH3 is 1. The van der Waals surface area contributed by atoms with Crippen LogP contribution in [0.15, 0.2) is 24.4 Å². The molecule has 0 amide bonds. The van der Waals surface area contributed by atoms with Gasteiger partial charge in [-0.15, -0.1) is 0 Å². The van der Waals surface area contributed by atoms with Gasteiger partial charge in [0.1, 0.15) is 17.7 Å². The number of likely N-dealkylation sites (tertiary alicyclic amines) is 1. The topological polar surface area (TPSA) is 62.7 Å². The summed E-state index contributed by atoms with van der Waals surface area (Å²) in [6.45, 7) is 2.46. The molecule has 0 radical (unpaired) electrons. The number of carbonyl (C=O) groups is 1. The molecule has 2 heterocycles. The molecule has 1 atom stereocenters. The zero-order valence-corrected chi connectivity index (χ0v) is 20.1. The average Bonchev–Trinajstić information content (AvgIpc) is 2.86. The van der Waals surface area contributed by atoms with Gasteiger partial charge in [0.2, 0.25) is 0 Å². The van der Waals surface area contributed by atoms with Gasteiger partial charge in [-0.3, -0.25) is 9.78 Å². The van der Waals surface area contributed by atoms with Crippen molar-refractivity contribution in [3.05, 3.63) is 35.8 Å². The molecule has 5 nitrogen and oxygen atoms in total. The molecule has 4 rings (SSSR count). The monoisotopic (exact) mass is 474 g/mol. The molecule has 1 aromatic heterocycles. The Bertz CT molecular complexity index is 985. The van der Waals surface area contributed by atoms with Crippen LogP contribution >= 0.6 is 0 Å². The van der Waals surface area contributed by atoms with Gasteiger partial charge in [0, 0.05) is 10.9 Å². The Balaban J connectivity index is 1.39. The fourth-order valence-electron chi connectivity index (χ4n) is 5.78. The number of hydrogen-bond acceptors (Lipinski definition) is 4.